The van der Waals surface area contributed by atoms with Gasteiger partial charge in [0.15, 0.2) is 11.5 Å². The number of rotatable bonds is 5. The van der Waals surface area contributed by atoms with Crippen molar-refractivity contribution in [3.05, 3.63) is 30.7 Å². The smallest absolute Gasteiger partial charge is 0.387 e. The van der Waals surface area contributed by atoms with Crippen molar-refractivity contribution in [1.82, 2.24) is 0 Å². The van der Waals surface area contributed by atoms with Crippen LogP contribution in [0.25, 0.3) is 0 Å². The molecule has 89 valence electrons. The zero-order valence-electron chi connectivity index (χ0n) is 8.13. The van der Waals surface area contributed by atoms with E-state index in [4.69, 9.17) is 0 Å². The molecule has 0 saturated carbocycles. The summed E-state index contributed by atoms with van der Waals surface area (Å²) in [7, 11) is 0. The first-order valence-electron chi connectivity index (χ1n) is 4.34. The highest BCUT2D eigenvalue weighted by molar-refractivity contribution is 5.43. The van der Waals surface area contributed by atoms with Gasteiger partial charge in [0.2, 0.25) is 0 Å². The molecule has 0 fully saturated rings. The largest absolute Gasteiger partial charge is 0.431 e. The highest BCUT2D eigenvalue weighted by Crippen LogP contribution is 2.31. The minimum Gasteiger partial charge on any atom is -0.431 e. The van der Waals surface area contributed by atoms with Gasteiger partial charge in [-0.3, -0.25) is 0 Å². The lowest BCUT2D eigenvalue weighted by Crippen LogP contribution is -2.08. The van der Waals surface area contributed by atoms with Crippen molar-refractivity contribution < 1.29 is 27.0 Å². The second-order valence-corrected chi connectivity index (χ2v) is 2.79. The van der Waals surface area contributed by atoms with Crippen LogP contribution in [0.15, 0.2) is 18.2 Å². The zero-order chi connectivity index (χ0) is 12.1. The molecule has 0 spiro atoms. The van der Waals surface area contributed by atoms with E-state index in [-0.39, 0.29) is 0 Å². The topological polar surface area (TPSA) is 18.5 Å². The van der Waals surface area contributed by atoms with Gasteiger partial charge in [0.25, 0.3) is 0 Å². The Morgan fingerprint density at radius 1 is 1.00 bits per heavy atom. The molecule has 0 amide bonds. The van der Waals surface area contributed by atoms with Crippen molar-refractivity contribution in [2.45, 2.75) is 19.6 Å². The Morgan fingerprint density at radius 2 is 1.56 bits per heavy atom. The molecule has 1 aromatic carbocycles. The molecule has 6 heteroatoms. The molecule has 0 aliphatic rings. The first-order valence-corrected chi connectivity index (χ1v) is 4.34. The first kappa shape index (κ1) is 12.6. The predicted octanol–water partition coefficient (Wildman–Crippen LogP) is 3.27. The summed E-state index contributed by atoms with van der Waals surface area (Å²) in [5.74, 6) is -0.844. The summed E-state index contributed by atoms with van der Waals surface area (Å²) < 4.78 is 56.0. The first-order chi connectivity index (χ1) is 7.52. The van der Waals surface area contributed by atoms with Crippen molar-refractivity contribution in [1.29, 1.82) is 0 Å². The molecule has 0 N–H and O–H groups in total. The number of hydrogen-bond acceptors (Lipinski definition) is 2. The third kappa shape index (κ3) is 3.60. The van der Waals surface area contributed by atoms with Crippen LogP contribution in [0.1, 0.15) is 5.56 Å². The molecule has 0 saturated heterocycles. The van der Waals surface area contributed by atoms with E-state index in [2.05, 4.69) is 16.4 Å². The standard InChI is InChI=1S/C10H9F4O2/c1-2-6-3-4-7(15-9(11)12)8(5-6)16-10(13)14/h3-5,9-10H,1-2H2. The minimum atomic E-state index is -3.10. The molecule has 0 aromatic heterocycles. The van der Waals surface area contributed by atoms with Crippen LogP contribution in [-0.2, 0) is 6.42 Å². The Labute approximate surface area is 89.8 Å². The van der Waals surface area contributed by atoms with Gasteiger partial charge in [-0.15, -0.1) is 0 Å². The van der Waals surface area contributed by atoms with Gasteiger partial charge in [-0.1, -0.05) is 6.07 Å². The van der Waals surface area contributed by atoms with Crippen LogP contribution in [0, 0.1) is 6.92 Å². The van der Waals surface area contributed by atoms with Crippen molar-refractivity contribution in [2.75, 3.05) is 0 Å². The Kier molecular flexibility index (Phi) is 4.39. The minimum absolute atomic E-state index is 0.328. The van der Waals surface area contributed by atoms with E-state index in [0.717, 1.165) is 6.07 Å². The van der Waals surface area contributed by atoms with Crippen LogP contribution in [0.2, 0.25) is 0 Å². The molecule has 1 aromatic rings. The second-order valence-electron chi connectivity index (χ2n) is 2.79. The summed E-state index contributed by atoms with van der Waals surface area (Å²) in [4.78, 5) is 0. The van der Waals surface area contributed by atoms with E-state index in [9.17, 15) is 17.6 Å². The van der Waals surface area contributed by atoms with Crippen LogP contribution < -0.4 is 9.47 Å². The number of ether oxygens (including phenoxy) is 2. The molecule has 16 heavy (non-hydrogen) atoms. The van der Waals surface area contributed by atoms with E-state index >= 15 is 0 Å². The summed E-state index contributed by atoms with van der Waals surface area (Å²) in [6.45, 7) is -2.65. The van der Waals surface area contributed by atoms with Crippen molar-refractivity contribution in [2.24, 2.45) is 0 Å². The molecule has 1 radical (unpaired) electrons. The molecule has 2 nitrogen and oxygen atoms in total. The number of hydrogen-bond donors (Lipinski definition) is 0. The Balaban J connectivity index is 2.96. The quantitative estimate of drug-likeness (QED) is 0.732. The predicted molar refractivity (Wildman–Crippen MR) is 48.8 cm³/mol. The summed E-state index contributed by atoms with van der Waals surface area (Å²) in [5, 5.41) is 0. The highest BCUT2D eigenvalue weighted by atomic mass is 19.3. The maximum atomic E-state index is 12.0. The molecule has 0 bridgehead atoms. The van der Waals surface area contributed by atoms with Crippen LogP contribution in [-0.4, -0.2) is 13.2 Å². The Morgan fingerprint density at radius 3 is 2.06 bits per heavy atom. The number of halogens is 4. The van der Waals surface area contributed by atoms with Crippen LogP contribution in [0.4, 0.5) is 17.6 Å². The lowest BCUT2D eigenvalue weighted by atomic mass is 10.1. The van der Waals surface area contributed by atoms with E-state index in [1.807, 2.05) is 0 Å². The monoisotopic (exact) mass is 237 g/mol. The Bertz CT molecular complexity index is 342. The van der Waals surface area contributed by atoms with E-state index in [1.165, 1.54) is 12.1 Å². The van der Waals surface area contributed by atoms with Gasteiger partial charge in [-0.25, -0.2) is 0 Å². The molecule has 1 rings (SSSR count). The molecular formula is C10H9F4O2. The van der Waals surface area contributed by atoms with Gasteiger partial charge in [0.1, 0.15) is 0 Å². The molecule has 0 aliphatic carbocycles. The number of alkyl halides is 4. The fourth-order valence-electron chi connectivity index (χ4n) is 1.09. The SMILES string of the molecule is [CH2]Cc1ccc(OC(F)F)c(OC(F)F)c1. The number of benzene rings is 1. The maximum Gasteiger partial charge on any atom is 0.387 e. The van der Waals surface area contributed by atoms with Gasteiger partial charge in [-0.2, -0.15) is 17.6 Å². The third-order valence-electron chi connectivity index (χ3n) is 1.73. The summed E-state index contributed by atoms with van der Waals surface area (Å²) >= 11 is 0. The van der Waals surface area contributed by atoms with E-state index in [1.54, 1.807) is 0 Å². The van der Waals surface area contributed by atoms with Gasteiger partial charge in [-0.05, 0) is 31.0 Å². The fourth-order valence-corrected chi connectivity index (χ4v) is 1.09. The van der Waals surface area contributed by atoms with Gasteiger partial charge in [0.05, 0.1) is 0 Å². The summed E-state index contributed by atoms with van der Waals surface area (Å²) in [5.41, 5.74) is 0.581. The molecular weight excluding hydrogens is 228 g/mol. The van der Waals surface area contributed by atoms with E-state index < -0.39 is 24.7 Å². The van der Waals surface area contributed by atoms with Crippen LogP contribution in [0.3, 0.4) is 0 Å². The highest BCUT2D eigenvalue weighted by Gasteiger charge is 2.14. The lowest BCUT2D eigenvalue weighted by molar-refractivity contribution is -0.0692. The fraction of sp³-hybridized carbons (Fsp3) is 0.300. The molecule has 0 heterocycles. The van der Waals surface area contributed by atoms with Gasteiger partial charge >= 0.3 is 13.2 Å². The second kappa shape index (κ2) is 5.58. The lowest BCUT2D eigenvalue weighted by Gasteiger charge is -2.12. The van der Waals surface area contributed by atoms with E-state index in [0.29, 0.717) is 12.0 Å². The maximum absolute atomic E-state index is 12.0. The Hall–Kier alpha value is -1.46. The zero-order valence-corrected chi connectivity index (χ0v) is 8.13. The van der Waals surface area contributed by atoms with Crippen molar-refractivity contribution >= 4 is 0 Å². The summed E-state index contributed by atoms with van der Waals surface area (Å²) in [6.07, 6.45) is 0.328. The summed E-state index contributed by atoms with van der Waals surface area (Å²) in [6, 6.07) is 3.78. The van der Waals surface area contributed by atoms with Crippen LogP contribution in [0.5, 0.6) is 11.5 Å². The molecule has 0 aliphatic heterocycles. The normalized spacial score (nSPS) is 10.9. The molecule has 0 unspecified atom stereocenters. The average Bonchev–Trinajstić information content (AvgIpc) is 2.19. The van der Waals surface area contributed by atoms with Crippen molar-refractivity contribution in [3.63, 3.8) is 0 Å². The third-order valence-corrected chi connectivity index (χ3v) is 1.73. The average molecular weight is 237 g/mol. The molecule has 0 atom stereocenters. The van der Waals surface area contributed by atoms with Crippen molar-refractivity contribution in [3.8, 4) is 11.5 Å². The van der Waals surface area contributed by atoms with Crippen LogP contribution >= 0.6 is 0 Å². The van der Waals surface area contributed by atoms with Gasteiger partial charge in [0, 0.05) is 0 Å². The van der Waals surface area contributed by atoms with Gasteiger partial charge < -0.3 is 9.47 Å².